The van der Waals surface area contributed by atoms with Gasteiger partial charge in [-0.05, 0) is 31.0 Å². The summed E-state index contributed by atoms with van der Waals surface area (Å²) < 4.78 is 5.48. The minimum Gasteiger partial charge on any atom is -0.493 e. The van der Waals surface area contributed by atoms with Crippen molar-refractivity contribution in [1.82, 2.24) is 0 Å². The fourth-order valence-electron chi connectivity index (χ4n) is 2.25. The Morgan fingerprint density at radius 2 is 2.24 bits per heavy atom. The van der Waals surface area contributed by atoms with E-state index in [1.165, 1.54) is 0 Å². The molecule has 2 rings (SSSR count). The number of fused-ring (bicyclic) bond motifs is 1. The van der Waals surface area contributed by atoms with Crippen molar-refractivity contribution in [3.05, 3.63) is 27.8 Å². The molecule has 1 heterocycles. The highest BCUT2D eigenvalue weighted by molar-refractivity contribution is 6.32. The van der Waals surface area contributed by atoms with Crippen LogP contribution in [0.4, 0.5) is 0 Å². The first-order valence-corrected chi connectivity index (χ1v) is 5.71. The summed E-state index contributed by atoms with van der Waals surface area (Å²) in [5, 5.41) is 9.85. The molecule has 0 saturated carbocycles. The van der Waals surface area contributed by atoms with Crippen LogP contribution in [0.3, 0.4) is 0 Å². The number of hydrogen-bond donors (Lipinski definition) is 2. The second kappa shape index (κ2) is 3.89. The SMILES string of the molecule is Cc1cc2c(c(C)c1Cl)C(N)(C(=O)O)CCO2. The largest absolute Gasteiger partial charge is 0.493 e. The average molecular weight is 256 g/mol. The lowest BCUT2D eigenvalue weighted by Gasteiger charge is -2.33. The van der Waals surface area contributed by atoms with Crippen molar-refractivity contribution < 1.29 is 14.6 Å². The third kappa shape index (κ3) is 1.68. The van der Waals surface area contributed by atoms with Crippen LogP contribution < -0.4 is 10.5 Å². The van der Waals surface area contributed by atoms with E-state index in [2.05, 4.69) is 0 Å². The molecule has 1 aliphatic heterocycles. The Balaban J connectivity index is 2.74. The van der Waals surface area contributed by atoms with Crippen molar-refractivity contribution in [1.29, 1.82) is 0 Å². The van der Waals surface area contributed by atoms with Crippen molar-refractivity contribution in [3.63, 3.8) is 0 Å². The molecule has 0 radical (unpaired) electrons. The number of aliphatic carboxylic acids is 1. The van der Waals surface area contributed by atoms with E-state index >= 15 is 0 Å². The number of carboxylic acid groups (broad SMARTS) is 1. The topological polar surface area (TPSA) is 72.6 Å². The summed E-state index contributed by atoms with van der Waals surface area (Å²) in [6.45, 7) is 3.93. The smallest absolute Gasteiger partial charge is 0.328 e. The minimum atomic E-state index is -1.41. The molecule has 0 aromatic heterocycles. The molecule has 0 aliphatic carbocycles. The molecular weight excluding hydrogens is 242 g/mol. The van der Waals surface area contributed by atoms with Gasteiger partial charge in [0.15, 0.2) is 0 Å². The number of carbonyl (C=O) groups is 1. The van der Waals surface area contributed by atoms with Crippen molar-refractivity contribution in [2.45, 2.75) is 25.8 Å². The molecule has 1 aliphatic rings. The first-order chi connectivity index (χ1) is 7.88. The molecule has 92 valence electrons. The molecule has 1 unspecified atom stereocenters. The van der Waals surface area contributed by atoms with E-state index in [1.807, 2.05) is 6.92 Å². The Kier molecular flexibility index (Phi) is 2.79. The van der Waals surface area contributed by atoms with Gasteiger partial charge in [-0.1, -0.05) is 11.6 Å². The van der Waals surface area contributed by atoms with E-state index in [9.17, 15) is 9.90 Å². The number of rotatable bonds is 1. The fourth-order valence-corrected chi connectivity index (χ4v) is 2.40. The van der Waals surface area contributed by atoms with Crippen LogP contribution in [-0.4, -0.2) is 17.7 Å². The summed E-state index contributed by atoms with van der Waals surface area (Å²) >= 11 is 6.14. The van der Waals surface area contributed by atoms with Gasteiger partial charge in [0, 0.05) is 17.0 Å². The third-order valence-corrected chi connectivity index (χ3v) is 3.81. The third-order valence-electron chi connectivity index (χ3n) is 3.23. The minimum absolute atomic E-state index is 0.246. The number of ether oxygens (including phenoxy) is 1. The molecule has 1 aromatic rings. The zero-order chi connectivity index (χ0) is 12.8. The van der Waals surface area contributed by atoms with Crippen LogP contribution in [0, 0.1) is 13.8 Å². The summed E-state index contributed by atoms with van der Waals surface area (Å²) in [6.07, 6.45) is 0.246. The Morgan fingerprint density at radius 1 is 1.59 bits per heavy atom. The van der Waals surface area contributed by atoms with Crippen LogP contribution in [-0.2, 0) is 10.3 Å². The van der Waals surface area contributed by atoms with Crippen LogP contribution in [0.25, 0.3) is 0 Å². The van der Waals surface area contributed by atoms with Crippen LogP contribution in [0.15, 0.2) is 6.07 Å². The number of nitrogens with two attached hydrogens (primary N) is 1. The van der Waals surface area contributed by atoms with E-state index in [-0.39, 0.29) is 6.42 Å². The highest BCUT2D eigenvalue weighted by Crippen LogP contribution is 2.41. The van der Waals surface area contributed by atoms with Crippen molar-refractivity contribution in [2.75, 3.05) is 6.61 Å². The van der Waals surface area contributed by atoms with E-state index in [4.69, 9.17) is 22.1 Å². The van der Waals surface area contributed by atoms with Crippen LogP contribution in [0.2, 0.25) is 5.02 Å². The van der Waals surface area contributed by atoms with E-state index in [0.29, 0.717) is 28.5 Å². The maximum Gasteiger partial charge on any atom is 0.328 e. The molecule has 0 fully saturated rings. The number of carboxylic acids is 1. The second-order valence-corrected chi connectivity index (χ2v) is 4.76. The lowest BCUT2D eigenvalue weighted by molar-refractivity contribution is -0.145. The number of benzene rings is 1. The van der Waals surface area contributed by atoms with Crippen LogP contribution in [0.5, 0.6) is 5.75 Å². The van der Waals surface area contributed by atoms with Crippen molar-refractivity contribution >= 4 is 17.6 Å². The van der Waals surface area contributed by atoms with Crippen LogP contribution >= 0.6 is 11.6 Å². The predicted octanol–water partition coefficient (Wildman–Crippen LogP) is 1.98. The van der Waals surface area contributed by atoms with Gasteiger partial charge in [0.25, 0.3) is 0 Å². The zero-order valence-corrected chi connectivity index (χ0v) is 10.5. The second-order valence-electron chi connectivity index (χ2n) is 4.38. The first-order valence-electron chi connectivity index (χ1n) is 5.33. The molecule has 3 N–H and O–H groups in total. The Morgan fingerprint density at radius 3 is 2.82 bits per heavy atom. The van der Waals surface area contributed by atoms with Gasteiger partial charge in [0.05, 0.1) is 6.61 Å². The van der Waals surface area contributed by atoms with Gasteiger partial charge in [-0.2, -0.15) is 0 Å². The highest BCUT2D eigenvalue weighted by atomic mass is 35.5. The Labute approximate surface area is 104 Å². The lowest BCUT2D eigenvalue weighted by atomic mass is 9.82. The predicted molar refractivity (Wildman–Crippen MR) is 64.5 cm³/mol. The Hall–Kier alpha value is -1.26. The molecule has 17 heavy (non-hydrogen) atoms. The average Bonchev–Trinajstić information content (AvgIpc) is 2.25. The van der Waals surface area contributed by atoms with Crippen molar-refractivity contribution in [3.8, 4) is 5.75 Å². The zero-order valence-electron chi connectivity index (χ0n) is 9.71. The maximum atomic E-state index is 11.4. The number of aryl methyl sites for hydroxylation is 1. The van der Waals surface area contributed by atoms with Gasteiger partial charge in [-0.25, -0.2) is 4.79 Å². The van der Waals surface area contributed by atoms with Gasteiger partial charge in [0.2, 0.25) is 0 Å². The normalized spacial score (nSPS) is 22.8. The summed E-state index contributed by atoms with van der Waals surface area (Å²) in [7, 11) is 0. The van der Waals surface area contributed by atoms with Gasteiger partial charge >= 0.3 is 5.97 Å². The monoisotopic (exact) mass is 255 g/mol. The quantitative estimate of drug-likeness (QED) is 0.805. The lowest BCUT2D eigenvalue weighted by Crippen LogP contribution is -2.49. The molecule has 1 atom stereocenters. The van der Waals surface area contributed by atoms with Gasteiger partial charge < -0.3 is 15.6 Å². The molecule has 0 amide bonds. The molecule has 0 bridgehead atoms. The first kappa shape index (κ1) is 12.2. The fraction of sp³-hybridized carbons (Fsp3) is 0.417. The molecule has 1 aromatic carbocycles. The van der Waals surface area contributed by atoms with E-state index in [0.717, 1.165) is 5.56 Å². The molecule has 0 saturated heterocycles. The summed E-state index contributed by atoms with van der Waals surface area (Å²) in [5.41, 5.74) is 6.63. The highest BCUT2D eigenvalue weighted by Gasteiger charge is 2.43. The molecule has 5 heteroatoms. The van der Waals surface area contributed by atoms with Gasteiger partial charge in [0.1, 0.15) is 11.3 Å². The molecule has 0 spiro atoms. The number of hydrogen-bond acceptors (Lipinski definition) is 3. The number of halogens is 1. The standard InChI is InChI=1S/C12H14ClNO3/c1-6-5-8-9(7(2)10(6)13)12(14,11(15)16)3-4-17-8/h5H,3-4,14H2,1-2H3,(H,15,16). The molecular formula is C12H14ClNO3. The van der Waals surface area contributed by atoms with Gasteiger partial charge in [-0.3, -0.25) is 0 Å². The summed E-state index contributed by atoms with van der Waals surface area (Å²) in [6, 6.07) is 1.74. The van der Waals surface area contributed by atoms with Gasteiger partial charge in [-0.15, -0.1) is 0 Å². The summed E-state index contributed by atoms with van der Waals surface area (Å²) in [4.78, 5) is 11.4. The van der Waals surface area contributed by atoms with E-state index in [1.54, 1.807) is 13.0 Å². The van der Waals surface area contributed by atoms with Crippen molar-refractivity contribution in [2.24, 2.45) is 5.73 Å². The molecule has 4 nitrogen and oxygen atoms in total. The Bertz CT molecular complexity index is 501. The maximum absolute atomic E-state index is 11.4. The summed E-state index contributed by atoms with van der Waals surface area (Å²) in [5.74, 6) is -0.523. The van der Waals surface area contributed by atoms with Crippen LogP contribution in [0.1, 0.15) is 23.1 Å². The van der Waals surface area contributed by atoms with E-state index < -0.39 is 11.5 Å².